The molecular weight excluding hydrogens is 286 g/mol. The van der Waals surface area contributed by atoms with E-state index in [1.807, 2.05) is 28.8 Å². The lowest BCUT2D eigenvalue weighted by molar-refractivity contribution is -0.130. The van der Waals surface area contributed by atoms with Gasteiger partial charge in [0.15, 0.2) is 0 Å². The monoisotopic (exact) mass is 311 g/mol. The summed E-state index contributed by atoms with van der Waals surface area (Å²) in [6.45, 7) is 6.18. The van der Waals surface area contributed by atoms with E-state index in [2.05, 4.69) is 43.2 Å². The smallest absolute Gasteiger partial charge is 0.222 e. The van der Waals surface area contributed by atoms with Gasteiger partial charge in [-0.1, -0.05) is 44.2 Å². The zero-order chi connectivity index (χ0) is 16.4. The zero-order valence-electron chi connectivity index (χ0n) is 14.2. The molecule has 0 N–H and O–H groups in total. The number of aromatic nitrogens is 2. The quantitative estimate of drug-likeness (QED) is 0.870. The van der Waals surface area contributed by atoms with Crippen molar-refractivity contribution < 1.29 is 4.79 Å². The summed E-state index contributed by atoms with van der Waals surface area (Å²) in [5.41, 5.74) is 2.56. The SMILES string of the molecule is Cn1nccc1CCC(=O)N1C[C@@H](c2ccccc2)C(C)(C)C1. The van der Waals surface area contributed by atoms with Gasteiger partial charge in [0.1, 0.15) is 0 Å². The van der Waals surface area contributed by atoms with Gasteiger partial charge in [0.25, 0.3) is 0 Å². The van der Waals surface area contributed by atoms with Gasteiger partial charge in [-0.2, -0.15) is 5.10 Å². The fraction of sp³-hybridized carbons (Fsp3) is 0.474. The highest BCUT2D eigenvalue weighted by molar-refractivity contribution is 5.77. The van der Waals surface area contributed by atoms with Crippen molar-refractivity contribution in [3.8, 4) is 0 Å². The predicted octanol–water partition coefficient (Wildman–Crippen LogP) is 3.00. The maximum Gasteiger partial charge on any atom is 0.222 e. The highest BCUT2D eigenvalue weighted by Crippen LogP contribution is 2.42. The summed E-state index contributed by atoms with van der Waals surface area (Å²) in [5, 5.41) is 4.16. The van der Waals surface area contributed by atoms with Crippen LogP contribution in [0.5, 0.6) is 0 Å². The topological polar surface area (TPSA) is 38.1 Å². The lowest BCUT2D eigenvalue weighted by Gasteiger charge is -2.25. The van der Waals surface area contributed by atoms with E-state index in [0.717, 1.165) is 25.2 Å². The molecule has 2 heterocycles. The van der Waals surface area contributed by atoms with Gasteiger partial charge in [-0.05, 0) is 23.5 Å². The van der Waals surface area contributed by atoms with Crippen LogP contribution in [-0.4, -0.2) is 33.7 Å². The number of aryl methyl sites for hydroxylation is 2. The molecule has 1 fully saturated rings. The standard InChI is InChI=1S/C19H25N3O/c1-19(2)14-22(13-17(19)15-7-5-4-6-8-15)18(23)10-9-16-11-12-20-21(16)3/h4-8,11-12,17H,9-10,13-14H2,1-3H3/t17-/m0/s1. The molecule has 0 unspecified atom stereocenters. The van der Waals surface area contributed by atoms with Gasteiger partial charge in [0.2, 0.25) is 5.91 Å². The molecule has 0 bridgehead atoms. The number of hydrogen-bond acceptors (Lipinski definition) is 2. The summed E-state index contributed by atoms with van der Waals surface area (Å²) in [6, 6.07) is 12.5. The minimum Gasteiger partial charge on any atom is -0.341 e. The van der Waals surface area contributed by atoms with E-state index in [-0.39, 0.29) is 11.3 Å². The molecule has 0 aliphatic carbocycles. The van der Waals surface area contributed by atoms with Crippen LogP contribution < -0.4 is 0 Å². The van der Waals surface area contributed by atoms with Crippen LogP contribution in [0.3, 0.4) is 0 Å². The Labute approximate surface area is 138 Å². The molecule has 0 spiro atoms. The summed E-state index contributed by atoms with van der Waals surface area (Å²) < 4.78 is 1.84. The van der Waals surface area contributed by atoms with E-state index >= 15 is 0 Å². The first kappa shape index (κ1) is 15.8. The molecule has 4 heteroatoms. The fourth-order valence-electron chi connectivity index (χ4n) is 3.61. The lowest BCUT2D eigenvalue weighted by atomic mass is 9.78. The van der Waals surface area contributed by atoms with Gasteiger partial charge in [-0.3, -0.25) is 9.48 Å². The maximum absolute atomic E-state index is 12.6. The number of nitrogens with zero attached hydrogens (tertiary/aromatic N) is 3. The van der Waals surface area contributed by atoms with Crippen LogP contribution >= 0.6 is 0 Å². The Morgan fingerprint density at radius 1 is 1.26 bits per heavy atom. The summed E-state index contributed by atoms with van der Waals surface area (Å²) in [7, 11) is 1.92. The number of hydrogen-bond donors (Lipinski definition) is 0. The van der Waals surface area contributed by atoms with Crippen LogP contribution in [0.1, 0.15) is 37.4 Å². The second kappa shape index (κ2) is 6.19. The number of benzene rings is 1. The van der Waals surface area contributed by atoms with Gasteiger partial charge in [0, 0.05) is 44.4 Å². The molecule has 1 aliphatic rings. The third kappa shape index (κ3) is 3.31. The molecule has 23 heavy (non-hydrogen) atoms. The average Bonchev–Trinajstić information content (AvgIpc) is 3.08. The first-order chi connectivity index (χ1) is 11.0. The molecule has 1 aliphatic heterocycles. The van der Waals surface area contributed by atoms with Crippen LogP contribution in [0.4, 0.5) is 0 Å². The molecule has 1 aromatic heterocycles. The Bertz CT molecular complexity index is 675. The molecule has 1 aromatic carbocycles. The number of rotatable bonds is 4. The van der Waals surface area contributed by atoms with Crippen molar-refractivity contribution in [2.75, 3.05) is 13.1 Å². The van der Waals surface area contributed by atoms with Gasteiger partial charge in [-0.25, -0.2) is 0 Å². The van der Waals surface area contributed by atoms with Crippen LogP contribution in [-0.2, 0) is 18.3 Å². The molecule has 0 saturated carbocycles. The summed E-state index contributed by atoms with van der Waals surface area (Å²) >= 11 is 0. The number of likely N-dealkylation sites (tertiary alicyclic amines) is 1. The molecule has 3 rings (SSSR count). The van der Waals surface area contributed by atoms with Crippen molar-refractivity contribution in [3.63, 3.8) is 0 Å². The fourth-order valence-corrected chi connectivity index (χ4v) is 3.61. The van der Waals surface area contributed by atoms with E-state index < -0.39 is 0 Å². The lowest BCUT2D eigenvalue weighted by Crippen LogP contribution is -2.30. The van der Waals surface area contributed by atoms with Crippen LogP contribution in [0.2, 0.25) is 0 Å². The predicted molar refractivity (Wildman–Crippen MR) is 91.1 cm³/mol. The van der Waals surface area contributed by atoms with E-state index in [1.54, 1.807) is 6.20 Å². The molecule has 1 atom stereocenters. The molecule has 1 saturated heterocycles. The Morgan fingerprint density at radius 2 is 2.00 bits per heavy atom. The number of carbonyl (C=O) groups is 1. The van der Waals surface area contributed by atoms with E-state index in [4.69, 9.17) is 0 Å². The van der Waals surface area contributed by atoms with Crippen molar-refractivity contribution >= 4 is 5.91 Å². The van der Waals surface area contributed by atoms with Gasteiger partial charge >= 0.3 is 0 Å². The van der Waals surface area contributed by atoms with E-state index in [0.29, 0.717) is 12.3 Å². The molecule has 1 amide bonds. The maximum atomic E-state index is 12.6. The molecular formula is C19H25N3O. The third-order valence-corrected chi connectivity index (χ3v) is 5.02. The van der Waals surface area contributed by atoms with Gasteiger partial charge in [-0.15, -0.1) is 0 Å². The van der Waals surface area contributed by atoms with Gasteiger partial charge in [0.05, 0.1) is 0 Å². The van der Waals surface area contributed by atoms with Crippen molar-refractivity contribution in [2.45, 2.75) is 32.6 Å². The van der Waals surface area contributed by atoms with Crippen LogP contribution in [0, 0.1) is 5.41 Å². The normalized spacial score (nSPS) is 20.0. The van der Waals surface area contributed by atoms with Crippen molar-refractivity contribution in [3.05, 3.63) is 53.9 Å². The zero-order valence-corrected chi connectivity index (χ0v) is 14.2. The average molecular weight is 311 g/mol. The second-order valence-electron chi connectivity index (χ2n) is 7.17. The highest BCUT2D eigenvalue weighted by atomic mass is 16.2. The van der Waals surface area contributed by atoms with Crippen LogP contribution in [0.25, 0.3) is 0 Å². The van der Waals surface area contributed by atoms with E-state index in [9.17, 15) is 4.79 Å². The van der Waals surface area contributed by atoms with Gasteiger partial charge < -0.3 is 4.90 Å². The minimum absolute atomic E-state index is 0.115. The summed E-state index contributed by atoms with van der Waals surface area (Å²) in [6.07, 6.45) is 3.09. The molecule has 122 valence electrons. The Morgan fingerprint density at radius 3 is 2.65 bits per heavy atom. The minimum atomic E-state index is 0.115. The second-order valence-corrected chi connectivity index (χ2v) is 7.17. The van der Waals surface area contributed by atoms with Crippen molar-refractivity contribution in [1.29, 1.82) is 0 Å². The molecule has 0 radical (unpaired) electrons. The Kier molecular flexibility index (Phi) is 4.24. The Hall–Kier alpha value is -2.10. The summed E-state index contributed by atoms with van der Waals surface area (Å²) in [4.78, 5) is 14.6. The largest absolute Gasteiger partial charge is 0.341 e. The number of amides is 1. The first-order valence-electron chi connectivity index (χ1n) is 8.27. The first-order valence-corrected chi connectivity index (χ1v) is 8.27. The van der Waals surface area contributed by atoms with Crippen molar-refractivity contribution in [1.82, 2.24) is 14.7 Å². The highest BCUT2D eigenvalue weighted by Gasteiger charge is 2.41. The third-order valence-electron chi connectivity index (χ3n) is 5.02. The number of carbonyl (C=O) groups excluding carboxylic acids is 1. The van der Waals surface area contributed by atoms with Crippen LogP contribution in [0.15, 0.2) is 42.6 Å². The van der Waals surface area contributed by atoms with Crippen molar-refractivity contribution in [2.24, 2.45) is 12.5 Å². The summed E-state index contributed by atoms with van der Waals surface area (Å²) in [5.74, 6) is 0.655. The van der Waals surface area contributed by atoms with E-state index in [1.165, 1.54) is 5.56 Å². The molecule has 4 nitrogen and oxygen atoms in total. The molecule has 2 aromatic rings. The Balaban J connectivity index is 1.65.